The topological polar surface area (TPSA) is 58.5 Å². The Morgan fingerprint density at radius 2 is 2.19 bits per heavy atom. The van der Waals surface area contributed by atoms with E-state index in [2.05, 4.69) is 27.5 Å². The van der Waals surface area contributed by atoms with Crippen molar-refractivity contribution < 1.29 is 17.9 Å². The van der Waals surface area contributed by atoms with Crippen molar-refractivity contribution in [2.45, 2.75) is 37.2 Å². The zero-order chi connectivity index (χ0) is 18.3. The van der Waals surface area contributed by atoms with Gasteiger partial charge < -0.3 is 15.4 Å². The number of aromatic nitrogens is 1. The molecule has 2 N–H and O–H groups in total. The molecule has 0 aliphatic carbocycles. The number of guanidine groups is 1. The van der Waals surface area contributed by atoms with E-state index in [-0.39, 0.29) is 41.1 Å². The number of halogens is 4. The highest BCUT2D eigenvalue weighted by molar-refractivity contribution is 14.0. The molecule has 0 saturated carbocycles. The molecule has 26 heavy (non-hydrogen) atoms. The lowest BCUT2D eigenvalue weighted by molar-refractivity contribution is -0.154. The maximum absolute atomic E-state index is 12.3. The van der Waals surface area contributed by atoms with Crippen LogP contribution >= 0.6 is 35.7 Å². The van der Waals surface area contributed by atoms with Crippen LogP contribution in [0.25, 0.3) is 0 Å². The van der Waals surface area contributed by atoms with Crippen molar-refractivity contribution in [2.24, 2.45) is 4.99 Å². The normalized spacial score (nSPS) is 20.4. The lowest BCUT2D eigenvalue weighted by atomic mass is 10.1. The SMILES string of the molecule is CN=C(NCc1cccnc1OCC(F)(F)F)NCC1(C)CCCS1.I. The van der Waals surface area contributed by atoms with Gasteiger partial charge in [0.2, 0.25) is 5.88 Å². The number of pyridine rings is 1. The highest BCUT2D eigenvalue weighted by Gasteiger charge is 2.30. The molecule has 0 spiro atoms. The van der Waals surface area contributed by atoms with Crippen molar-refractivity contribution in [1.82, 2.24) is 15.6 Å². The molecule has 1 aliphatic rings. The van der Waals surface area contributed by atoms with Gasteiger partial charge in [-0.05, 0) is 31.6 Å². The minimum absolute atomic E-state index is 0. The largest absolute Gasteiger partial charge is 0.468 e. The van der Waals surface area contributed by atoms with E-state index >= 15 is 0 Å². The third kappa shape index (κ3) is 7.77. The molecule has 5 nitrogen and oxygen atoms in total. The van der Waals surface area contributed by atoms with Crippen molar-refractivity contribution >= 4 is 41.7 Å². The highest BCUT2D eigenvalue weighted by atomic mass is 127. The quantitative estimate of drug-likeness (QED) is 0.353. The van der Waals surface area contributed by atoms with Crippen LogP contribution < -0.4 is 15.4 Å². The Kier molecular flexibility index (Phi) is 9.28. The Morgan fingerprint density at radius 1 is 1.42 bits per heavy atom. The van der Waals surface area contributed by atoms with E-state index in [0.717, 1.165) is 13.0 Å². The number of rotatable bonds is 6. The van der Waals surface area contributed by atoms with Gasteiger partial charge in [-0.1, -0.05) is 6.07 Å². The molecular weight excluding hydrogens is 480 g/mol. The first-order valence-electron chi connectivity index (χ1n) is 8.03. The number of nitrogens with zero attached hydrogens (tertiary/aromatic N) is 2. The summed E-state index contributed by atoms with van der Waals surface area (Å²) in [5, 5.41) is 6.37. The number of hydrogen-bond acceptors (Lipinski definition) is 4. The van der Waals surface area contributed by atoms with E-state index in [1.54, 1.807) is 19.2 Å². The predicted octanol–water partition coefficient (Wildman–Crippen LogP) is 3.59. The minimum Gasteiger partial charge on any atom is -0.468 e. The Hall–Kier alpha value is -0.910. The van der Waals surface area contributed by atoms with Crippen LogP contribution in [0.4, 0.5) is 13.2 Å². The summed E-state index contributed by atoms with van der Waals surface area (Å²) in [6, 6.07) is 3.33. The molecule has 1 atom stereocenters. The molecule has 2 rings (SSSR count). The first kappa shape index (κ1) is 23.1. The van der Waals surface area contributed by atoms with Crippen LogP contribution in [0.2, 0.25) is 0 Å². The van der Waals surface area contributed by atoms with Crippen LogP contribution in [0.15, 0.2) is 23.3 Å². The molecule has 2 heterocycles. The van der Waals surface area contributed by atoms with Gasteiger partial charge in [0.05, 0.1) is 0 Å². The van der Waals surface area contributed by atoms with E-state index in [0.29, 0.717) is 11.5 Å². The van der Waals surface area contributed by atoms with Gasteiger partial charge >= 0.3 is 6.18 Å². The van der Waals surface area contributed by atoms with Crippen LogP contribution in [0.3, 0.4) is 0 Å². The Labute approximate surface area is 173 Å². The van der Waals surface area contributed by atoms with Crippen LogP contribution in [-0.2, 0) is 6.54 Å². The average Bonchev–Trinajstić information content (AvgIpc) is 3.00. The second-order valence-electron chi connectivity index (χ2n) is 6.05. The second-order valence-corrected chi connectivity index (χ2v) is 7.74. The molecule has 0 bridgehead atoms. The van der Waals surface area contributed by atoms with Crippen molar-refractivity contribution in [3.8, 4) is 5.88 Å². The molecule has 10 heteroatoms. The van der Waals surface area contributed by atoms with E-state index < -0.39 is 12.8 Å². The van der Waals surface area contributed by atoms with E-state index in [1.807, 2.05) is 11.8 Å². The van der Waals surface area contributed by atoms with Gasteiger partial charge in [0.25, 0.3) is 0 Å². The number of hydrogen-bond donors (Lipinski definition) is 2. The van der Waals surface area contributed by atoms with E-state index in [9.17, 15) is 13.2 Å². The van der Waals surface area contributed by atoms with Crippen LogP contribution in [0, 0.1) is 0 Å². The summed E-state index contributed by atoms with van der Waals surface area (Å²) in [4.78, 5) is 8.03. The monoisotopic (exact) mass is 504 g/mol. The lowest BCUT2D eigenvalue weighted by Gasteiger charge is -2.24. The number of thioether (sulfide) groups is 1. The van der Waals surface area contributed by atoms with Gasteiger partial charge in [-0.3, -0.25) is 4.99 Å². The molecule has 1 aliphatic heterocycles. The van der Waals surface area contributed by atoms with Crippen LogP contribution in [-0.4, -0.2) is 47.8 Å². The molecule has 148 valence electrons. The van der Waals surface area contributed by atoms with Gasteiger partial charge in [-0.15, -0.1) is 24.0 Å². The third-order valence-electron chi connectivity index (χ3n) is 3.82. The summed E-state index contributed by atoms with van der Waals surface area (Å²) >= 11 is 1.94. The molecule has 1 fully saturated rings. The fourth-order valence-corrected chi connectivity index (χ4v) is 3.73. The van der Waals surface area contributed by atoms with Crippen LogP contribution in [0.5, 0.6) is 5.88 Å². The van der Waals surface area contributed by atoms with Gasteiger partial charge in [0, 0.05) is 36.6 Å². The van der Waals surface area contributed by atoms with Gasteiger partial charge in [-0.2, -0.15) is 24.9 Å². The van der Waals surface area contributed by atoms with Crippen molar-refractivity contribution in [2.75, 3.05) is 26.0 Å². The summed E-state index contributed by atoms with van der Waals surface area (Å²) in [7, 11) is 1.66. The van der Waals surface area contributed by atoms with E-state index in [4.69, 9.17) is 4.74 Å². The molecule has 1 unspecified atom stereocenters. The van der Waals surface area contributed by atoms with Gasteiger partial charge in [0.1, 0.15) is 0 Å². The van der Waals surface area contributed by atoms with Crippen molar-refractivity contribution in [1.29, 1.82) is 0 Å². The van der Waals surface area contributed by atoms with Gasteiger partial charge in [0.15, 0.2) is 12.6 Å². The summed E-state index contributed by atoms with van der Waals surface area (Å²) in [5.74, 6) is 1.74. The summed E-state index contributed by atoms with van der Waals surface area (Å²) in [6.45, 7) is 1.90. The molecular formula is C16H24F3IN4OS. The fourth-order valence-electron chi connectivity index (χ4n) is 2.49. The predicted molar refractivity (Wildman–Crippen MR) is 110 cm³/mol. The molecule has 1 aromatic rings. The standard InChI is InChI=1S/C16H23F3N4OS.HI/c1-15(6-4-8-25-15)10-23-14(20-2)22-9-12-5-3-7-21-13(12)24-11-16(17,18)19;/h3,5,7H,4,6,8-11H2,1-2H3,(H2,20,22,23);1H. The maximum Gasteiger partial charge on any atom is 0.422 e. The van der Waals surface area contributed by atoms with Crippen LogP contribution in [0.1, 0.15) is 25.3 Å². The maximum atomic E-state index is 12.3. The third-order valence-corrected chi connectivity index (χ3v) is 5.36. The van der Waals surface area contributed by atoms with Gasteiger partial charge in [-0.25, -0.2) is 4.98 Å². The fraction of sp³-hybridized carbons (Fsp3) is 0.625. The number of aliphatic imine (C=N–C) groups is 1. The average molecular weight is 504 g/mol. The van der Waals surface area contributed by atoms with Crippen molar-refractivity contribution in [3.63, 3.8) is 0 Å². The summed E-state index contributed by atoms with van der Waals surface area (Å²) in [6.07, 6.45) is -0.626. The highest BCUT2D eigenvalue weighted by Crippen LogP contribution is 2.36. The molecule has 0 amide bonds. The Bertz CT molecular complexity index is 595. The minimum atomic E-state index is -4.39. The smallest absolute Gasteiger partial charge is 0.422 e. The summed E-state index contributed by atoms with van der Waals surface area (Å²) in [5.41, 5.74) is 0.538. The first-order valence-corrected chi connectivity index (χ1v) is 9.02. The van der Waals surface area contributed by atoms with E-state index in [1.165, 1.54) is 18.4 Å². The molecule has 1 saturated heterocycles. The molecule has 1 aromatic heterocycles. The first-order chi connectivity index (χ1) is 11.8. The number of nitrogens with one attached hydrogen (secondary N) is 2. The zero-order valence-corrected chi connectivity index (χ0v) is 17.9. The second kappa shape index (κ2) is 10.4. The number of ether oxygens (including phenoxy) is 1. The number of alkyl halides is 3. The molecule has 0 radical (unpaired) electrons. The Morgan fingerprint density at radius 3 is 2.81 bits per heavy atom. The van der Waals surface area contributed by atoms with Crippen molar-refractivity contribution in [3.05, 3.63) is 23.9 Å². The Balaban J connectivity index is 0.00000338. The zero-order valence-electron chi connectivity index (χ0n) is 14.7. The summed E-state index contributed by atoms with van der Waals surface area (Å²) < 4.78 is 42.0. The molecule has 0 aromatic carbocycles. The lowest BCUT2D eigenvalue weighted by Crippen LogP contribution is -2.43.